The van der Waals surface area contributed by atoms with E-state index in [0.29, 0.717) is 25.7 Å². The van der Waals surface area contributed by atoms with Crippen molar-refractivity contribution in [3.05, 3.63) is 0 Å². The van der Waals surface area contributed by atoms with Crippen molar-refractivity contribution in [2.75, 3.05) is 0 Å². The second-order valence-corrected chi connectivity index (χ2v) is 9.82. The molecule has 0 aromatic carbocycles. The Morgan fingerprint density at radius 3 is 1.50 bits per heavy atom. The molecule has 6 heteroatoms. The molecule has 0 radical (unpaired) electrons. The summed E-state index contributed by atoms with van der Waals surface area (Å²) < 4.78 is 33.8. The third-order valence-electron chi connectivity index (χ3n) is 5.49. The van der Waals surface area contributed by atoms with Gasteiger partial charge in [0, 0.05) is 5.25 Å². The predicted molar refractivity (Wildman–Crippen MR) is 114 cm³/mol. The fourth-order valence-corrected chi connectivity index (χ4v) is 4.55. The van der Waals surface area contributed by atoms with E-state index in [2.05, 4.69) is 6.92 Å². The van der Waals surface area contributed by atoms with E-state index < -0.39 is 15.4 Å². The van der Waals surface area contributed by atoms with Crippen LogP contribution in [0.25, 0.3) is 0 Å². The molecule has 28 heavy (non-hydrogen) atoms. The summed E-state index contributed by atoms with van der Waals surface area (Å²) in [6, 6.07) is 0. The zero-order chi connectivity index (χ0) is 20.4. The molecule has 0 aromatic rings. The van der Waals surface area contributed by atoms with Crippen molar-refractivity contribution in [3.8, 4) is 0 Å². The van der Waals surface area contributed by atoms with Gasteiger partial charge in [-0.1, -0.05) is 97.3 Å². The van der Waals surface area contributed by atoms with Crippen molar-refractivity contribution in [2.24, 2.45) is 0 Å². The van der Waals surface area contributed by atoms with Crippen molar-refractivity contribution < 1.29 is 47.6 Å². The number of aliphatic hydroxyl groups excluding tert-OH is 1. The molecule has 2 unspecified atom stereocenters. The second-order valence-electron chi connectivity index (χ2n) is 8.17. The second kappa shape index (κ2) is 21.1. The van der Waals surface area contributed by atoms with Crippen LogP contribution in [0.5, 0.6) is 0 Å². The van der Waals surface area contributed by atoms with Gasteiger partial charge < -0.3 is 9.66 Å². The molecule has 0 rings (SSSR count). The molecule has 0 spiro atoms. The van der Waals surface area contributed by atoms with Crippen LogP contribution >= 0.6 is 0 Å². The van der Waals surface area contributed by atoms with Crippen molar-refractivity contribution in [1.29, 1.82) is 0 Å². The van der Waals surface area contributed by atoms with E-state index in [4.69, 9.17) is 0 Å². The van der Waals surface area contributed by atoms with Crippen LogP contribution in [0.2, 0.25) is 0 Å². The van der Waals surface area contributed by atoms with Crippen LogP contribution in [0.4, 0.5) is 0 Å². The first-order valence-corrected chi connectivity index (χ1v) is 13.0. The van der Waals surface area contributed by atoms with Crippen LogP contribution in [-0.4, -0.2) is 29.4 Å². The Hall–Kier alpha value is 0.870. The number of hydrogen-bond donors (Lipinski definition) is 1. The standard InChI is InChI=1S/C22H46O4S.Na/c1-3-5-7-8-9-10-11-12-13-14-15-17-21(23)18-16-20-22(19-6-4-2)27(24,25)26;/h21-23H,3-20H2,1-2H3,(H,24,25,26);/q;+1/p-1. The van der Waals surface area contributed by atoms with Gasteiger partial charge in [-0.15, -0.1) is 0 Å². The Balaban J connectivity index is 0. The normalized spacial score (nSPS) is 13.9. The number of hydrogen-bond acceptors (Lipinski definition) is 4. The summed E-state index contributed by atoms with van der Waals surface area (Å²) in [4.78, 5) is 0. The molecule has 1 N–H and O–H groups in total. The van der Waals surface area contributed by atoms with Crippen LogP contribution in [-0.2, 0) is 10.1 Å². The molecule has 164 valence electrons. The maximum absolute atomic E-state index is 11.3. The molecule has 0 amide bonds. The first-order valence-electron chi connectivity index (χ1n) is 11.5. The number of unbranched alkanes of at least 4 members (excludes halogenated alkanes) is 11. The Bertz CT molecular complexity index is 415. The zero-order valence-electron chi connectivity index (χ0n) is 19.0. The molecular formula is C22H45NaO4S. The summed E-state index contributed by atoms with van der Waals surface area (Å²) >= 11 is 0. The SMILES string of the molecule is CCCCCCCCCCCCCC(O)CCCC(CCCC)S(=O)(=O)[O-].[Na+]. The summed E-state index contributed by atoms with van der Waals surface area (Å²) in [5, 5.41) is 9.29. The van der Waals surface area contributed by atoms with Gasteiger partial charge in [-0.3, -0.25) is 0 Å². The molecule has 0 aromatic heterocycles. The predicted octanol–water partition coefficient (Wildman–Crippen LogP) is 3.33. The fraction of sp³-hybridized carbons (Fsp3) is 1.00. The third kappa shape index (κ3) is 20.2. The minimum absolute atomic E-state index is 0. The van der Waals surface area contributed by atoms with E-state index in [9.17, 15) is 18.1 Å². The molecule has 0 fully saturated rings. The molecule has 0 saturated carbocycles. The van der Waals surface area contributed by atoms with E-state index in [1.54, 1.807) is 0 Å². The van der Waals surface area contributed by atoms with Crippen LogP contribution < -0.4 is 29.6 Å². The first-order chi connectivity index (χ1) is 12.9. The van der Waals surface area contributed by atoms with E-state index in [1.807, 2.05) is 6.92 Å². The smallest absolute Gasteiger partial charge is 0.748 e. The van der Waals surface area contributed by atoms with Gasteiger partial charge in [-0.05, 0) is 32.1 Å². The van der Waals surface area contributed by atoms with Gasteiger partial charge in [-0.2, -0.15) is 0 Å². The summed E-state index contributed by atoms with van der Waals surface area (Å²) in [7, 11) is -4.21. The van der Waals surface area contributed by atoms with Gasteiger partial charge >= 0.3 is 29.6 Å². The van der Waals surface area contributed by atoms with Crippen LogP contribution in [0, 0.1) is 0 Å². The van der Waals surface area contributed by atoms with E-state index in [1.165, 1.54) is 64.2 Å². The van der Waals surface area contributed by atoms with Crippen LogP contribution in [0.1, 0.15) is 129 Å². The number of rotatable bonds is 20. The summed E-state index contributed by atoms with van der Waals surface area (Å²) in [5.74, 6) is 0. The molecular weight excluding hydrogens is 383 g/mol. The Labute approximate surface area is 197 Å². The Morgan fingerprint density at radius 1 is 0.643 bits per heavy atom. The largest absolute Gasteiger partial charge is 1.00 e. The average Bonchev–Trinajstić information content (AvgIpc) is 2.61. The van der Waals surface area contributed by atoms with Crippen LogP contribution in [0.3, 0.4) is 0 Å². The summed E-state index contributed by atoms with van der Waals surface area (Å²) in [6.45, 7) is 4.24. The number of aliphatic hydroxyl groups is 1. The quantitative estimate of drug-likeness (QED) is 0.183. The molecule has 0 aliphatic heterocycles. The third-order valence-corrected chi connectivity index (χ3v) is 6.78. The van der Waals surface area contributed by atoms with E-state index in [0.717, 1.165) is 25.7 Å². The molecule has 0 aliphatic rings. The van der Waals surface area contributed by atoms with Gasteiger partial charge in [0.05, 0.1) is 16.2 Å². The molecule has 0 bridgehead atoms. The minimum atomic E-state index is -4.21. The van der Waals surface area contributed by atoms with Gasteiger partial charge in [0.15, 0.2) is 0 Å². The minimum Gasteiger partial charge on any atom is -0.748 e. The van der Waals surface area contributed by atoms with Gasteiger partial charge in [0.2, 0.25) is 0 Å². The molecule has 0 aliphatic carbocycles. The van der Waals surface area contributed by atoms with Crippen molar-refractivity contribution in [2.45, 2.75) is 141 Å². The Morgan fingerprint density at radius 2 is 1.04 bits per heavy atom. The topological polar surface area (TPSA) is 77.4 Å². The van der Waals surface area contributed by atoms with Gasteiger partial charge in [0.25, 0.3) is 0 Å². The maximum atomic E-state index is 11.3. The average molecular weight is 429 g/mol. The van der Waals surface area contributed by atoms with Crippen molar-refractivity contribution in [1.82, 2.24) is 0 Å². The molecule has 0 saturated heterocycles. The molecule has 4 nitrogen and oxygen atoms in total. The van der Waals surface area contributed by atoms with Crippen molar-refractivity contribution >= 4 is 10.1 Å². The molecule has 0 heterocycles. The Kier molecular flexibility index (Phi) is 23.4. The molecule has 2 atom stereocenters. The monoisotopic (exact) mass is 428 g/mol. The van der Waals surface area contributed by atoms with E-state index >= 15 is 0 Å². The van der Waals surface area contributed by atoms with Gasteiger partial charge in [0.1, 0.15) is 0 Å². The summed E-state index contributed by atoms with van der Waals surface area (Å²) in [6.07, 6.45) is 18.4. The van der Waals surface area contributed by atoms with Gasteiger partial charge in [-0.25, -0.2) is 8.42 Å². The van der Waals surface area contributed by atoms with Crippen molar-refractivity contribution in [3.63, 3.8) is 0 Å². The fourth-order valence-electron chi connectivity index (χ4n) is 3.63. The zero-order valence-corrected chi connectivity index (χ0v) is 21.8. The maximum Gasteiger partial charge on any atom is 1.00 e. The summed E-state index contributed by atoms with van der Waals surface area (Å²) in [5.41, 5.74) is 0. The van der Waals surface area contributed by atoms with Crippen LogP contribution in [0.15, 0.2) is 0 Å². The van der Waals surface area contributed by atoms with E-state index in [-0.39, 0.29) is 35.7 Å². The first kappa shape index (κ1) is 31.1.